The van der Waals surface area contributed by atoms with Gasteiger partial charge in [0.2, 0.25) is 0 Å². The van der Waals surface area contributed by atoms with Crippen molar-refractivity contribution in [3.05, 3.63) is 0 Å². The molecule has 1 N–H and O–H groups in total. The summed E-state index contributed by atoms with van der Waals surface area (Å²) in [6.07, 6.45) is 6.76. The monoisotopic (exact) mass is 255 g/mol. The number of rotatable bonds is 4. The van der Waals surface area contributed by atoms with Gasteiger partial charge < -0.3 is 9.84 Å². The third-order valence-electron chi connectivity index (χ3n) is 4.53. The van der Waals surface area contributed by atoms with Crippen LogP contribution in [0.1, 0.15) is 45.4 Å². The highest BCUT2D eigenvalue weighted by Crippen LogP contribution is 2.32. The van der Waals surface area contributed by atoms with E-state index in [1.165, 1.54) is 25.7 Å². The van der Waals surface area contributed by atoms with E-state index < -0.39 is 11.4 Å². The molecule has 0 aromatic heterocycles. The maximum Gasteiger partial charge on any atom is 0.313 e. The average molecular weight is 255 g/mol. The van der Waals surface area contributed by atoms with E-state index in [0.717, 1.165) is 13.0 Å². The van der Waals surface area contributed by atoms with Gasteiger partial charge >= 0.3 is 5.97 Å². The normalized spacial score (nSPS) is 34.4. The van der Waals surface area contributed by atoms with Crippen molar-refractivity contribution in [3.8, 4) is 0 Å². The van der Waals surface area contributed by atoms with Crippen LogP contribution in [0, 0.1) is 5.41 Å². The predicted octanol–water partition coefficient (Wildman–Crippen LogP) is 2.13. The van der Waals surface area contributed by atoms with Crippen molar-refractivity contribution >= 4 is 5.97 Å². The van der Waals surface area contributed by atoms with Gasteiger partial charge in [0.15, 0.2) is 0 Å². The van der Waals surface area contributed by atoms with Gasteiger partial charge in [-0.2, -0.15) is 0 Å². The molecule has 2 atom stereocenters. The van der Waals surface area contributed by atoms with Crippen LogP contribution < -0.4 is 0 Å². The number of carboxylic acids is 1. The van der Waals surface area contributed by atoms with Gasteiger partial charge in [-0.25, -0.2) is 0 Å². The van der Waals surface area contributed by atoms with E-state index >= 15 is 0 Å². The molecular weight excluding hydrogens is 230 g/mol. The first kappa shape index (κ1) is 13.8. The minimum Gasteiger partial charge on any atom is -0.481 e. The number of carbonyl (C=O) groups is 1. The number of likely N-dealkylation sites (tertiary alicyclic amines) is 1. The highest BCUT2D eigenvalue weighted by molar-refractivity contribution is 5.75. The minimum absolute atomic E-state index is 0.384. The second-order valence-corrected chi connectivity index (χ2v) is 5.77. The van der Waals surface area contributed by atoms with E-state index in [4.69, 9.17) is 4.74 Å². The van der Waals surface area contributed by atoms with Crippen molar-refractivity contribution < 1.29 is 14.6 Å². The topological polar surface area (TPSA) is 49.8 Å². The zero-order chi connectivity index (χ0) is 13.0. The maximum atomic E-state index is 11.6. The summed E-state index contributed by atoms with van der Waals surface area (Å²) in [4.78, 5) is 14.0. The van der Waals surface area contributed by atoms with Crippen molar-refractivity contribution in [2.75, 3.05) is 26.3 Å². The standard InChI is InChI=1S/C14H25NO3/c1-2-12-6-4-3-5-8-15(12)10-14(13(16)17)7-9-18-11-14/h12H,2-11H2,1H3,(H,16,17). The average Bonchev–Trinajstić information content (AvgIpc) is 2.71. The molecule has 0 aromatic rings. The molecule has 0 bridgehead atoms. The van der Waals surface area contributed by atoms with Gasteiger partial charge in [-0.1, -0.05) is 19.8 Å². The second-order valence-electron chi connectivity index (χ2n) is 5.77. The Bertz CT molecular complexity index is 287. The van der Waals surface area contributed by atoms with Crippen molar-refractivity contribution in [3.63, 3.8) is 0 Å². The lowest BCUT2D eigenvalue weighted by molar-refractivity contribution is -0.150. The van der Waals surface area contributed by atoms with Crippen LogP contribution in [0.5, 0.6) is 0 Å². The molecule has 104 valence electrons. The van der Waals surface area contributed by atoms with Gasteiger partial charge in [0, 0.05) is 19.2 Å². The fourth-order valence-electron chi connectivity index (χ4n) is 3.26. The summed E-state index contributed by atoms with van der Waals surface area (Å²) < 4.78 is 5.36. The number of aliphatic carboxylic acids is 1. The maximum absolute atomic E-state index is 11.6. The zero-order valence-corrected chi connectivity index (χ0v) is 11.4. The van der Waals surface area contributed by atoms with Gasteiger partial charge in [-0.05, 0) is 32.2 Å². The molecule has 0 amide bonds. The fraction of sp³-hybridized carbons (Fsp3) is 0.929. The van der Waals surface area contributed by atoms with Crippen molar-refractivity contribution in [1.29, 1.82) is 0 Å². The summed E-state index contributed by atoms with van der Waals surface area (Å²) in [6.45, 7) is 4.90. The van der Waals surface area contributed by atoms with E-state index in [9.17, 15) is 9.90 Å². The Morgan fingerprint density at radius 1 is 1.44 bits per heavy atom. The second kappa shape index (κ2) is 6.02. The Labute approximate surface area is 109 Å². The highest BCUT2D eigenvalue weighted by Gasteiger charge is 2.44. The lowest BCUT2D eigenvalue weighted by Crippen LogP contribution is -2.47. The van der Waals surface area contributed by atoms with E-state index in [2.05, 4.69) is 11.8 Å². The van der Waals surface area contributed by atoms with Gasteiger partial charge in [0.1, 0.15) is 5.41 Å². The minimum atomic E-state index is -0.681. The summed E-state index contributed by atoms with van der Waals surface area (Å²) in [5.74, 6) is -0.681. The molecule has 4 nitrogen and oxygen atoms in total. The largest absolute Gasteiger partial charge is 0.481 e. The van der Waals surface area contributed by atoms with Gasteiger partial charge in [0.25, 0.3) is 0 Å². The smallest absolute Gasteiger partial charge is 0.313 e. The molecule has 4 heteroatoms. The fourth-order valence-corrected chi connectivity index (χ4v) is 3.26. The predicted molar refractivity (Wildman–Crippen MR) is 69.6 cm³/mol. The van der Waals surface area contributed by atoms with E-state index in [1.807, 2.05) is 0 Å². The molecule has 2 fully saturated rings. The Balaban J connectivity index is 2.06. The van der Waals surface area contributed by atoms with E-state index in [-0.39, 0.29) is 0 Å². The third-order valence-corrected chi connectivity index (χ3v) is 4.53. The van der Waals surface area contributed by atoms with Crippen LogP contribution in [0.25, 0.3) is 0 Å². The van der Waals surface area contributed by atoms with Crippen molar-refractivity contribution in [2.24, 2.45) is 5.41 Å². The summed E-state index contributed by atoms with van der Waals surface area (Å²) in [7, 11) is 0. The van der Waals surface area contributed by atoms with Gasteiger partial charge in [0.05, 0.1) is 6.61 Å². The lowest BCUT2D eigenvalue weighted by Gasteiger charge is -2.35. The van der Waals surface area contributed by atoms with Crippen LogP contribution in [0.3, 0.4) is 0 Å². The number of ether oxygens (including phenoxy) is 1. The van der Waals surface area contributed by atoms with Gasteiger partial charge in [-0.3, -0.25) is 9.69 Å². The van der Waals surface area contributed by atoms with Crippen molar-refractivity contribution in [1.82, 2.24) is 4.90 Å². The first-order chi connectivity index (χ1) is 8.68. The quantitative estimate of drug-likeness (QED) is 0.836. The first-order valence-electron chi connectivity index (χ1n) is 7.23. The van der Waals surface area contributed by atoms with E-state index in [0.29, 0.717) is 32.2 Å². The molecule has 0 aliphatic carbocycles. The first-order valence-corrected chi connectivity index (χ1v) is 7.23. The molecule has 18 heavy (non-hydrogen) atoms. The molecule has 2 aliphatic rings. The van der Waals surface area contributed by atoms with Crippen LogP contribution in [0.2, 0.25) is 0 Å². The van der Waals surface area contributed by atoms with Crippen LogP contribution in [-0.2, 0) is 9.53 Å². The number of hydrogen-bond acceptors (Lipinski definition) is 3. The molecular formula is C14H25NO3. The summed E-state index contributed by atoms with van der Waals surface area (Å²) in [5, 5.41) is 9.52. The molecule has 2 heterocycles. The van der Waals surface area contributed by atoms with Crippen LogP contribution in [0.4, 0.5) is 0 Å². The molecule has 2 saturated heterocycles. The summed E-state index contributed by atoms with van der Waals surface area (Å²) in [6, 6.07) is 0.560. The molecule has 0 aromatic carbocycles. The molecule has 2 aliphatic heterocycles. The van der Waals surface area contributed by atoms with Gasteiger partial charge in [-0.15, -0.1) is 0 Å². The Hall–Kier alpha value is -0.610. The third kappa shape index (κ3) is 2.86. The molecule has 0 radical (unpaired) electrons. The number of carboxylic acid groups (broad SMARTS) is 1. The highest BCUT2D eigenvalue weighted by atomic mass is 16.5. The van der Waals surface area contributed by atoms with Crippen LogP contribution in [-0.4, -0.2) is 48.3 Å². The zero-order valence-electron chi connectivity index (χ0n) is 11.4. The van der Waals surface area contributed by atoms with E-state index in [1.54, 1.807) is 0 Å². The molecule has 0 saturated carbocycles. The van der Waals surface area contributed by atoms with Crippen LogP contribution in [0.15, 0.2) is 0 Å². The number of hydrogen-bond donors (Lipinski definition) is 1. The Morgan fingerprint density at radius 3 is 2.89 bits per heavy atom. The Morgan fingerprint density at radius 2 is 2.28 bits per heavy atom. The number of nitrogens with zero attached hydrogens (tertiary/aromatic N) is 1. The Kier molecular flexibility index (Phi) is 4.62. The summed E-state index contributed by atoms with van der Waals surface area (Å²) >= 11 is 0. The molecule has 2 unspecified atom stereocenters. The SMILES string of the molecule is CCC1CCCCCN1CC1(C(=O)O)CCOC1. The summed E-state index contributed by atoms with van der Waals surface area (Å²) in [5.41, 5.74) is -0.655. The lowest BCUT2D eigenvalue weighted by atomic mass is 9.86. The molecule has 2 rings (SSSR count). The van der Waals surface area contributed by atoms with Crippen LogP contribution >= 0.6 is 0 Å². The molecule has 0 spiro atoms. The van der Waals surface area contributed by atoms with Crippen molar-refractivity contribution in [2.45, 2.75) is 51.5 Å².